The molecule has 0 aliphatic heterocycles. The number of aryl methyl sites for hydroxylation is 1. The second kappa shape index (κ2) is 12.0. The average molecular weight is 520 g/mol. The van der Waals surface area contributed by atoms with Crippen LogP contribution < -0.4 is 20.2 Å². The molecule has 6 nitrogen and oxygen atoms in total. The standard InChI is InChI=1S/C32H35BN3O3/c1-34-20-23-17-18-30-28(19-23)26-14-8-9-15-27(26)32(36(30)3)31(21-35(2)25-12-5-4-6-13-25)39-22-24-11-7-10-16-29(24)33(37)38/h4-19,31,34,37-38H,20-22H2,1-3H3/q+1. The van der Waals surface area contributed by atoms with Crippen molar-refractivity contribution in [2.45, 2.75) is 19.3 Å². The Bertz CT molecular complexity index is 1580. The number of para-hydroxylation sites is 1. The van der Waals surface area contributed by atoms with Crippen molar-refractivity contribution in [1.29, 1.82) is 0 Å². The largest absolute Gasteiger partial charge is 0.488 e. The molecule has 198 valence electrons. The number of nitrogens with one attached hydrogen (secondary N) is 1. The molecular formula is C32H35BN3O3+. The first-order chi connectivity index (χ1) is 19.0. The van der Waals surface area contributed by atoms with Crippen molar-refractivity contribution in [2.24, 2.45) is 7.05 Å². The second-order valence-electron chi connectivity index (χ2n) is 9.96. The van der Waals surface area contributed by atoms with Gasteiger partial charge in [-0.25, -0.2) is 0 Å². The van der Waals surface area contributed by atoms with Gasteiger partial charge in [0.05, 0.1) is 23.9 Å². The van der Waals surface area contributed by atoms with Crippen LogP contribution in [0, 0.1) is 0 Å². The van der Waals surface area contributed by atoms with Gasteiger partial charge in [-0.1, -0.05) is 66.7 Å². The Balaban J connectivity index is 1.63. The molecule has 39 heavy (non-hydrogen) atoms. The predicted molar refractivity (Wildman–Crippen MR) is 159 cm³/mol. The maximum absolute atomic E-state index is 9.93. The number of anilines is 1. The van der Waals surface area contributed by atoms with Crippen molar-refractivity contribution in [2.75, 3.05) is 25.5 Å². The number of pyridine rings is 1. The van der Waals surface area contributed by atoms with Gasteiger partial charge in [0.1, 0.15) is 7.05 Å². The number of benzene rings is 4. The second-order valence-corrected chi connectivity index (χ2v) is 9.96. The minimum atomic E-state index is -1.56. The fraction of sp³-hybridized carbons (Fsp3) is 0.219. The fourth-order valence-corrected chi connectivity index (χ4v) is 5.41. The van der Waals surface area contributed by atoms with Crippen molar-refractivity contribution >= 4 is 39.9 Å². The van der Waals surface area contributed by atoms with E-state index in [1.165, 1.54) is 16.3 Å². The molecule has 7 heteroatoms. The first-order valence-corrected chi connectivity index (χ1v) is 13.3. The van der Waals surface area contributed by atoms with E-state index in [1.807, 2.05) is 37.4 Å². The molecule has 0 saturated carbocycles. The normalized spacial score (nSPS) is 12.1. The molecule has 4 aromatic carbocycles. The minimum absolute atomic E-state index is 0.245. The van der Waals surface area contributed by atoms with E-state index in [0.717, 1.165) is 34.4 Å². The number of likely N-dealkylation sites (N-methyl/N-ethyl adjacent to an activating group) is 1. The summed E-state index contributed by atoms with van der Waals surface area (Å²) in [5.74, 6) is 0. The van der Waals surface area contributed by atoms with Crippen molar-refractivity contribution in [1.82, 2.24) is 5.32 Å². The summed E-state index contributed by atoms with van der Waals surface area (Å²) in [5.41, 5.74) is 5.75. The molecule has 1 aromatic heterocycles. The minimum Gasteiger partial charge on any atom is -0.423 e. The van der Waals surface area contributed by atoms with E-state index in [4.69, 9.17) is 4.74 Å². The van der Waals surface area contributed by atoms with Gasteiger partial charge in [-0.05, 0) is 47.9 Å². The van der Waals surface area contributed by atoms with Gasteiger partial charge in [0, 0.05) is 30.7 Å². The molecule has 3 N–H and O–H groups in total. The Morgan fingerprint density at radius 3 is 2.31 bits per heavy atom. The Labute approximate surface area is 230 Å². The third-order valence-corrected chi connectivity index (χ3v) is 7.37. The zero-order chi connectivity index (χ0) is 27.4. The molecule has 0 spiro atoms. The molecule has 0 bridgehead atoms. The van der Waals surface area contributed by atoms with Gasteiger partial charge in [0.15, 0.2) is 6.10 Å². The van der Waals surface area contributed by atoms with E-state index < -0.39 is 7.12 Å². The maximum Gasteiger partial charge on any atom is 0.488 e. The van der Waals surface area contributed by atoms with Gasteiger partial charge in [0.2, 0.25) is 11.2 Å². The molecule has 0 aliphatic carbocycles. The van der Waals surface area contributed by atoms with Gasteiger partial charge in [-0.2, -0.15) is 4.57 Å². The number of fused-ring (bicyclic) bond motifs is 3. The molecular weight excluding hydrogens is 485 g/mol. The number of hydrogen-bond acceptors (Lipinski definition) is 5. The van der Waals surface area contributed by atoms with Crippen LogP contribution in [0.5, 0.6) is 0 Å². The van der Waals surface area contributed by atoms with Crippen LogP contribution >= 0.6 is 0 Å². The number of aromatic nitrogens is 1. The Kier molecular flexibility index (Phi) is 8.24. The highest BCUT2D eigenvalue weighted by Crippen LogP contribution is 2.32. The summed E-state index contributed by atoms with van der Waals surface area (Å²) in [4.78, 5) is 2.20. The van der Waals surface area contributed by atoms with Crippen LogP contribution in [0.25, 0.3) is 21.7 Å². The van der Waals surface area contributed by atoms with Gasteiger partial charge in [0.25, 0.3) is 0 Å². The summed E-state index contributed by atoms with van der Waals surface area (Å²) in [6.45, 7) is 1.66. The van der Waals surface area contributed by atoms with Crippen LogP contribution in [-0.2, 0) is 24.9 Å². The number of hydrogen-bond donors (Lipinski definition) is 3. The number of nitrogens with zero attached hydrogens (tertiary/aromatic N) is 2. The molecule has 1 atom stereocenters. The van der Waals surface area contributed by atoms with Gasteiger partial charge in [-0.3, -0.25) is 0 Å². The first kappa shape index (κ1) is 26.8. The van der Waals surface area contributed by atoms with E-state index in [2.05, 4.69) is 83.5 Å². The smallest absolute Gasteiger partial charge is 0.423 e. The molecule has 0 radical (unpaired) electrons. The van der Waals surface area contributed by atoms with Crippen LogP contribution in [0.4, 0.5) is 5.69 Å². The Morgan fingerprint density at radius 1 is 0.872 bits per heavy atom. The molecule has 0 aliphatic rings. The lowest BCUT2D eigenvalue weighted by Gasteiger charge is -2.26. The van der Waals surface area contributed by atoms with E-state index in [9.17, 15) is 10.0 Å². The SMILES string of the molecule is CNCc1ccc2c(c1)c1ccccc1c(C(CN(C)c1ccccc1)OCc1ccccc1B(O)O)[n+]2C. The predicted octanol–water partition coefficient (Wildman–Crippen LogP) is 3.61. The van der Waals surface area contributed by atoms with Gasteiger partial charge < -0.3 is 25.0 Å². The van der Waals surface area contributed by atoms with Crippen LogP contribution in [-0.4, -0.2) is 37.8 Å². The molecule has 0 saturated heterocycles. The monoisotopic (exact) mass is 520 g/mol. The topological polar surface area (TPSA) is 68.8 Å². The molecule has 5 rings (SSSR count). The van der Waals surface area contributed by atoms with Crippen molar-refractivity contribution in [3.05, 3.63) is 114 Å². The Hall–Kier alpha value is -3.75. The molecule has 0 fully saturated rings. The van der Waals surface area contributed by atoms with Gasteiger partial charge >= 0.3 is 7.12 Å². The van der Waals surface area contributed by atoms with Crippen LogP contribution in [0.15, 0.2) is 97.1 Å². The summed E-state index contributed by atoms with van der Waals surface area (Å²) in [5, 5.41) is 26.6. The van der Waals surface area contributed by atoms with Crippen molar-refractivity contribution in [3.8, 4) is 0 Å². The van der Waals surface area contributed by atoms with E-state index in [-0.39, 0.29) is 12.7 Å². The fourth-order valence-electron chi connectivity index (χ4n) is 5.41. The van der Waals surface area contributed by atoms with Crippen LogP contribution in [0.1, 0.15) is 22.9 Å². The lowest BCUT2D eigenvalue weighted by Crippen LogP contribution is -2.40. The maximum atomic E-state index is 9.93. The molecule has 0 amide bonds. The van der Waals surface area contributed by atoms with Crippen molar-refractivity contribution in [3.63, 3.8) is 0 Å². The highest BCUT2D eigenvalue weighted by molar-refractivity contribution is 6.59. The summed E-state index contributed by atoms with van der Waals surface area (Å²) < 4.78 is 8.95. The van der Waals surface area contributed by atoms with Crippen LogP contribution in [0.2, 0.25) is 0 Å². The molecule has 5 aromatic rings. The number of ether oxygens (including phenoxy) is 1. The van der Waals surface area contributed by atoms with E-state index in [1.54, 1.807) is 12.1 Å². The highest BCUT2D eigenvalue weighted by atomic mass is 16.5. The third kappa shape index (κ3) is 5.67. The zero-order valence-corrected chi connectivity index (χ0v) is 22.7. The van der Waals surface area contributed by atoms with Crippen molar-refractivity contribution < 1.29 is 19.4 Å². The number of rotatable bonds is 10. The third-order valence-electron chi connectivity index (χ3n) is 7.37. The molecule has 1 heterocycles. The van der Waals surface area contributed by atoms with E-state index in [0.29, 0.717) is 12.0 Å². The zero-order valence-electron chi connectivity index (χ0n) is 22.7. The Morgan fingerprint density at radius 2 is 1.56 bits per heavy atom. The summed E-state index contributed by atoms with van der Waals surface area (Å²) >= 11 is 0. The highest BCUT2D eigenvalue weighted by Gasteiger charge is 2.29. The summed E-state index contributed by atoms with van der Waals surface area (Å²) in [6.07, 6.45) is -0.310. The molecule has 1 unspecified atom stereocenters. The van der Waals surface area contributed by atoms with Crippen LogP contribution in [0.3, 0.4) is 0 Å². The summed E-state index contributed by atoms with van der Waals surface area (Å²) in [7, 11) is 4.58. The summed E-state index contributed by atoms with van der Waals surface area (Å²) in [6, 6.07) is 32.7. The lowest BCUT2D eigenvalue weighted by atomic mass is 9.77. The van der Waals surface area contributed by atoms with E-state index >= 15 is 0 Å². The first-order valence-electron chi connectivity index (χ1n) is 13.3. The quantitative estimate of drug-likeness (QED) is 0.149. The van der Waals surface area contributed by atoms with Gasteiger partial charge in [-0.15, -0.1) is 0 Å². The average Bonchev–Trinajstić information content (AvgIpc) is 2.96. The lowest BCUT2D eigenvalue weighted by molar-refractivity contribution is -0.655.